The van der Waals surface area contributed by atoms with Crippen LogP contribution in [-0.4, -0.2) is 78.3 Å². The van der Waals surface area contributed by atoms with E-state index in [4.69, 9.17) is 0 Å². The second-order valence-electron chi connectivity index (χ2n) is 8.29. The highest BCUT2D eigenvalue weighted by molar-refractivity contribution is 7.12. The lowest BCUT2D eigenvalue weighted by molar-refractivity contribution is -0.128. The van der Waals surface area contributed by atoms with Crippen LogP contribution in [0.25, 0.3) is 11.3 Å². The molecule has 7 heteroatoms. The van der Waals surface area contributed by atoms with Gasteiger partial charge in [-0.3, -0.25) is 9.59 Å². The summed E-state index contributed by atoms with van der Waals surface area (Å²) < 4.78 is 0. The molecule has 4 rings (SSSR count). The lowest BCUT2D eigenvalue weighted by Crippen LogP contribution is -2.43. The monoisotopic (exact) mass is 398 g/mol. The van der Waals surface area contributed by atoms with E-state index in [2.05, 4.69) is 24.0 Å². The number of likely N-dealkylation sites (tertiary alicyclic amines) is 2. The zero-order valence-corrected chi connectivity index (χ0v) is 17.4. The first-order chi connectivity index (χ1) is 13.4. The number of hydrogen-bond donors (Lipinski definition) is 0. The predicted molar refractivity (Wildman–Crippen MR) is 110 cm³/mol. The van der Waals surface area contributed by atoms with Crippen molar-refractivity contribution in [3.05, 3.63) is 40.7 Å². The van der Waals surface area contributed by atoms with Crippen molar-refractivity contribution in [1.82, 2.24) is 19.7 Å². The predicted octanol–water partition coefficient (Wildman–Crippen LogP) is 2.29. The summed E-state index contributed by atoms with van der Waals surface area (Å²) in [6.45, 7) is 5.34. The molecule has 148 valence electrons. The van der Waals surface area contributed by atoms with Crippen LogP contribution in [0.4, 0.5) is 0 Å². The minimum absolute atomic E-state index is 0.00841. The van der Waals surface area contributed by atoms with Crippen molar-refractivity contribution in [3.63, 3.8) is 0 Å². The first-order valence-electron chi connectivity index (χ1n) is 9.58. The molecule has 2 amide bonds. The third kappa shape index (κ3) is 3.44. The summed E-state index contributed by atoms with van der Waals surface area (Å²) in [6.07, 6.45) is 0. The number of fused-ring (bicyclic) bond motifs is 1. The van der Waals surface area contributed by atoms with Gasteiger partial charge in [0.25, 0.3) is 5.91 Å². The third-order valence-corrected chi connectivity index (χ3v) is 6.71. The van der Waals surface area contributed by atoms with E-state index in [0.29, 0.717) is 24.0 Å². The van der Waals surface area contributed by atoms with Gasteiger partial charge in [0.05, 0.1) is 5.69 Å². The van der Waals surface area contributed by atoms with Gasteiger partial charge in [-0.25, -0.2) is 4.98 Å². The molecule has 2 aromatic rings. The number of benzene rings is 1. The summed E-state index contributed by atoms with van der Waals surface area (Å²) in [7, 11) is 4.11. The second kappa shape index (κ2) is 7.29. The SMILES string of the molecule is CC(=O)N1C[C@@H]2CN(C(=O)c3nc(-c4ccccc4)cs3)C[C@]2(CN(C)C)C1. The van der Waals surface area contributed by atoms with Crippen molar-refractivity contribution in [2.45, 2.75) is 6.92 Å². The van der Waals surface area contributed by atoms with Gasteiger partial charge >= 0.3 is 0 Å². The Morgan fingerprint density at radius 1 is 1.18 bits per heavy atom. The molecule has 28 heavy (non-hydrogen) atoms. The van der Waals surface area contributed by atoms with Crippen molar-refractivity contribution in [2.24, 2.45) is 11.3 Å². The average molecular weight is 399 g/mol. The highest BCUT2D eigenvalue weighted by atomic mass is 32.1. The van der Waals surface area contributed by atoms with Gasteiger partial charge in [0, 0.05) is 61.9 Å². The molecular weight excluding hydrogens is 372 g/mol. The standard InChI is InChI=1S/C21H26N4O2S/c1-15(26)24-9-17-10-25(14-21(17,13-24)12-23(2)3)20(27)19-22-18(11-28-19)16-7-5-4-6-8-16/h4-8,11,17H,9-10,12-14H2,1-3H3/t17-,21+/m1/s1. The summed E-state index contributed by atoms with van der Waals surface area (Å²) in [4.78, 5) is 35.7. The largest absolute Gasteiger partial charge is 0.342 e. The van der Waals surface area contributed by atoms with Crippen molar-refractivity contribution < 1.29 is 9.59 Å². The molecule has 2 fully saturated rings. The maximum Gasteiger partial charge on any atom is 0.282 e. The normalized spacial score (nSPS) is 24.1. The van der Waals surface area contributed by atoms with Gasteiger partial charge < -0.3 is 14.7 Å². The molecule has 0 unspecified atom stereocenters. The summed E-state index contributed by atoms with van der Waals surface area (Å²) >= 11 is 1.41. The van der Waals surface area contributed by atoms with Gasteiger partial charge in [0.2, 0.25) is 5.91 Å². The number of carbonyl (C=O) groups is 2. The third-order valence-electron chi connectivity index (χ3n) is 5.88. The number of nitrogens with zero attached hydrogens (tertiary/aromatic N) is 4. The number of amides is 2. The number of rotatable bonds is 4. The fraction of sp³-hybridized carbons (Fsp3) is 0.476. The average Bonchev–Trinajstić information content (AvgIpc) is 3.33. The van der Waals surface area contributed by atoms with Crippen LogP contribution in [0.3, 0.4) is 0 Å². The summed E-state index contributed by atoms with van der Waals surface area (Å²) in [5.41, 5.74) is 1.82. The molecule has 2 aliphatic heterocycles. The van der Waals surface area contributed by atoms with E-state index in [9.17, 15) is 9.59 Å². The molecule has 0 N–H and O–H groups in total. The molecule has 2 aliphatic rings. The molecule has 0 bridgehead atoms. The van der Waals surface area contributed by atoms with Crippen LogP contribution in [0.5, 0.6) is 0 Å². The molecule has 0 saturated carbocycles. The Kier molecular flexibility index (Phi) is 4.97. The molecule has 6 nitrogen and oxygen atoms in total. The molecule has 1 aromatic heterocycles. The molecule has 0 spiro atoms. The lowest BCUT2D eigenvalue weighted by Gasteiger charge is -2.31. The molecule has 2 atom stereocenters. The van der Waals surface area contributed by atoms with E-state index in [1.807, 2.05) is 45.5 Å². The van der Waals surface area contributed by atoms with Crippen molar-refractivity contribution in [2.75, 3.05) is 46.8 Å². The van der Waals surface area contributed by atoms with Gasteiger partial charge in [-0.1, -0.05) is 30.3 Å². The topological polar surface area (TPSA) is 56.8 Å². The van der Waals surface area contributed by atoms with E-state index in [-0.39, 0.29) is 17.2 Å². The van der Waals surface area contributed by atoms with Gasteiger partial charge in [-0.15, -0.1) is 11.3 Å². The number of hydrogen-bond acceptors (Lipinski definition) is 5. The minimum atomic E-state index is -0.0512. The summed E-state index contributed by atoms with van der Waals surface area (Å²) in [6, 6.07) is 9.94. The van der Waals surface area contributed by atoms with Crippen LogP contribution in [-0.2, 0) is 4.79 Å². The fourth-order valence-corrected chi connectivity index (χ4v) is 5.47. The summed E-state index contributed by atoms with van der Waals surface area (Å²) in [5.74, 6) is 0.447. The Bertz CT molecular complexity index is 882. The van der Waals surface area contributed by atoms with E-state index in [1.54, 1.807) is 6.92 Å². The molecule has 0 radical (unpaired) electrons. The lowest BCUT2D eigenvalue weighted by atomic mass is 9.80. The van der Waals surface area contributed by atoms with Crippen molar-refractivity contribution in [1.29, 1.82) is 0 Å². The molecular formula is C21H26N4O2S. The van der Waals surface area contributed by atoms with E-state index >= 15 is 0 Å². The summed E-state index contributed by atoms with van der Waals surface area (Å²) in [5, 5.41) is 2.49. The Balaban J connectivity index is 1.53. The van der Waals surface area contributed by atoms with Crippen LogP contribution < -0.4 is 0 Å². The quantitative estimate of drug-likeness (QED) is 0.793. The zero-order chi connectivity index (χ0) is 19.9. The maximum absolute atomic E-state index is 13.1. The molecule has 3 heterocycles. The van der Waals surface area contributed by atoms with Crippen LogP contribution in [0.15, 0.2) is 35.7 Å². The number of aromatic nitrogens is 1. The van der Waals surface area contributed by atoms with E-state index < -0.39 is 0 Å². The Labute approximate surface area is 169 Å². The first-order valence-corrected chi connectivity index (χ1v) is 10.5. The zero-order valence-electron chi connectivity index (χ0n) is 16.6. The fourth-order valence-electron chi connectivity index (χ4n) is 4.68. The Morgan fingerprint density at radius 2 is 1.86 bits per heavy atom. The molecule has 0 aliphatic carbocycles. The van der Waals surface area contributed by atoms with Crippen LogP contribution >= 0.6 is 11.3 Å². The van der Waals surface area contributed by atoms with Gasteiger partial charge in [-0.05, 0) is 14.1 Å². The van der Waals surface area contributed by atoms with Crippen molar-refractivity contribution in [3.8, 4) is 11.3 Å². The van der Waals surface area contributed by atoms with Gasteiger partial charge in [-0.2, -0.15) is 0 Å². The van der Waals surface area contributed by atoms with Crippen LogP contribution in [0.2, 0.25) is 0 Å². The Hall–Kier alpha value is -2.25. The minimum Gasteiger partial charge on any atom is -0.342 e. The highest BCUT2D eigenvalue weighted by Gasteiger charge is 2.54. The Morgan fingerprint density at radius 3 is 2.54 bits per heavy atom. The van der Waals surface area contributed by atoms with Crippen LogP contribution in [0.1, 0.15) is 16.7 Å². The second-order valence-corrected chi connectivity index (χ2v) is 9.14. The first kappa shape index (κ1) is 19.1. The molecule has 1 aromatic carbocycles. The maximum atomic E-state index is 13.1. The van der Waals surface area contributed by atoms with E-state index in [0.717, 1.165) is 30.9 Å². The highest BCUT2D eigenvalue weighted by Crippen LogP contribution is 2.43. The van der Waals surface area contributed by atoms with Crippen molar-refractivity contribution >= 4 is 23.2 Å². The number of carbonyl (C=O) groups excluding carboxylic acids is 2. The van der Waals surface area contributed by atoms with Gasteiger partial charge in [0.1, 0.15) is 0 Å². The molecule has 2 saturated heterocycles. The van der Waals surface area contributed by atoms with Crippen LogP contribution in [0, 0.1) is 11.3 Å². The van der Waals surface area contributed by atoms with E-state index in [1.165, 1.54) is 11.3 Å². The van der Waals surface area contributed by atoms with Gasteiger partial charge in [0.15, 0.2) is 5.01 Å². The smallest absolute Gasteiger partial charge is 0.282 e. The number of thiazole rings is 1.